The Morgan fingerprint density at radius 3 is 2.78 bits per heavy atom. The minimum absolute atomic E-state index is 0.0154. The van der Waals surface area contributed by atoms with E-state index in [1.807, 2.05) is 27.8 Å². The largest absolute Gasteiger partial charge is 0.328 e. The molecule has 1 saturated carbocycles. The van der Waals surface area contributed by atoms with E-state index < -0.39 is 0 Å². The molecule has 3 rings (SSSR count). The van der Waals surface area contributed by atoms with Crippen molar-refractivity contribution in [2.24, 2.45) is 0 Å². The van der Waals surface area contributed by atoms with Crippen molar-refractivity contribution < 1.29 is 9.59 Å². The summed E-state index contributed by atoms with van der Waals surface area (Å²) < 4.78 is 0. The molecular formula is C20H23N3O2S2. The van der Waals surface area contributed by atoms with Crippen molar-refractivity contribution in [1.82, 2.24) is 9.88 Å². The molecule has 2 amide bonds. The van der Waals surface area contributed by atoms with E-state index in [-0.39, 0.29) is 24.3 Å². The van der Waals surface area contributed by atoms with Gasteiger partial charge in [-0.05, 0) is 24.3 Å². The Bertz CT molecular complexity index is 802. The van der Waals surface area contributed by atoms with Gasteiger partial charge in [0.25, 0.3) is 0 Å². The van der Waals surface area contributed by atoms with Gasteiger partial charge in [0.05, 0.1) is 25.1 Å². The molecule has 7 heteroatoms. The first-order valence-corrected chi connectivity index (χ1v) is 10.9. The van der Waals surface area contributed by atoms with Crippen molar-refractivity contribution in [1.29, 1.82) is 0 Å². The Balaban J connectivity index is 1.56. The lowest BCUT2D eigenvalue weighted by atomic mass is 9.94. The van der Waals surface area contributed by atoms with E-state index in [4.69, 9.17) is 6.42 Å². The fraction of sp³-hybridized carbons (Fsp3) is 0.450. The van der Waals surface area contributed by atoms with Crippen molar-refractivity contribution in [3.63, 3.8) is 0 Å². The van der Waals surface area contributed by atoms with E-state index in [0.717, 1.165) is 30.6 Å². The zero-order valence-electron chi connectivity index (χ0n) is 15.1. The van der Waals surface area contributed by atoms with E-state index in [9.17, 15) is 9.59 Å². The Morgan fingerprint density at radius 1 is 1.26 bits per heavy atom. The van der Waals surface area contributed by atoms with Crippen LogP contribution in [0.1, 0.15) is 42.7 Å². The molecule has 0 aliphatic heterocycles. The highest BCUT2D eigenvalue weighted by Gasteiger charge is 2.25. The second-order valence-electron chi connectivity index (χ2n) is 6.64. The molecule has 2 aromatic heterocycles. The summed E-state index contributed by atoms with van der Waals surface area (Å²) in [6, 6.07) is 4.10. The quantitative estimate of drug-likeness (QED) is 0.719. The van der Waals surface area contributed by atoms with E-state index in [1.165, 1.54) is 17.8 Å². The first-order chi connectivity index (χ1) is 13.2. The van der Waals surface area contributed by atoms with E-state index in [0.29, 0.717) is 23.8 Å². The smallest absolute Gasteiger partial charge is 0.231 e. The number of hydrogen-bond acceptors (Lipinski definition) is 5. The van der Waals surface area contributed by atoms with Crippen LogP contribution >= 0.6 is 22.7 Å². The number of carbonyl (C=O) groups is 2. The Labute approximate surface area is 167 Å². The number of nitrogens with zero attached hydrogens (tertiary/aromatic N) is 2. The van der Waals surface area contributed by atoms with Gasteiger partial charge < -0.3 is 10.2 Å². The van der Waals surface area contributed by atoms with Crippen LogP contribution in [-0.4, -0.2) is 34.3 Å². The zero-order chi connectivity index (χ0) is 19.1. The molecule has 1 aliphatic rings. The normalized spacial score (nSPS) is 14.5. The molecule has 0 atom stereocenters. The number of thiophene rings is 1. The van der Waals surface area contributed by atoms with Crippen LogP contribution in [0.4, 0.5) is 5.13 Å². The van der Waals surface area contributed by atoms with E-state index in [2.05, 4.69) is 16.2 Å². The number of carbonyl (C=O) groups excluding carboxylic acids is 2. The van der Waals surface area contributed by atoms with Crippen molar-refractivity contribution in [2.45, 2.75) is 51.0 Å². The highest BCUT2D eigenvalue weighted by atomic mass is 32.1. The Kier molecular flexibility index (Phi) is 7.02. The maximum atomic E-state index is 12.8. The molecule has 0 bridgehead atoms. The monoisotopic (exact) mass is 401 g/mol. The van der Waals surface area contributed by atoms with E-state index >= 15 is 0 Å². The molecule has 1 N–H and O–H groups in total. The minimum atomic E-state index is -0.0964. The van der Waals surface area contributed by atoms with Gasteiger partial charge in [-0.25, -0.2) is 4.98 Å². The molecule has 142 valence electrons. The Morgan fingerprint density at radius 2 is 2.07 bits per heavy atom. The standard InChI is InChI=1S/C20H23N3O2S2/c1-2-10-23(16-7-4-3-5-8-16)19(25)12-15-14-27-20(21-15)22-18(24)13-17-9-6-11-26-17/h1,6,9,11,14,16H,3-5,7-8,10,12-13H2,(H,21,22,24). The molecule has 0 radical (unpaired) electrons. The fourth-order valence-corrected chi connectivity index (χ4v) is 4.78. The molecule has 0 aromatic carbocycles. The van der Waals surface area contributed by atoms with Crippen LogP contribution < -0.4 is 5.32 Å². The number of terminal acetylenes is 1. The number of nitrogens with one attached hydrogen (secondary N) is 1. The van der Waals surface area contributed by atoms with Crippen molar-refractivity contribution in [3.8, 4) is 12.3 Å². The highest BCUT2D eigenvalue weighted by molar-refractivity contribution is 7.14. The SMILES string of the molecule is C#CCN(C(=O)Cc1csc(NC(=O)Cc2cccs2)n1)C1CCCCC1. The van der Waals surface area contributed by atoms with Gasteiger partial charge in [0.1, 0.15) is 0 Å². The lowest BCUT2D eigenvalue weighted by Crippen LogP contribution is -2.42. The number of aromatic nitrogens is 1. The molecule has 0 saturated heterocycles. The van der Waals surface area contributed by atoms with Crippen LogP contribution in [-0.2, 0) is 22.4 Å². The first kappa shape index (κ1) is 19.6. The van der Waals surface area contributed by atoms with Gasteiger partial charge in [-0.3, -0.25) is 9.59 Å². The van der Waals surface area contributed by atoms with Gasteiger partial charge in [-0.2, -0.15) is 0 Å². The van der Waals surface area contributed by atoms with Crippen LogP contribution in [0.5, 0.6) is 0 Å². The van der Waals surface area contributed by atoms with Crippen LogP contribution in [0.2, 0.25) is 0 Å². The third-order valence-corrected chi connectivity index (χ3v) is 6.33. The number of rotatable bonds is 7. The van der Waals surface area contributed by atoms with Crippen LogP contribution in [0, 0.1) is 12.3 Å². The summed E-state index contributed by atoms with van der Waals surface area (Å²) in [5.74, 6) is 2.53. The van der Waals surface area contributed by atoms with Gasteiger partial charge in [-0.1, -0.05) is 31.2 Å². The number of amides is 2. The molecule has 1 fully saturated rings. The Hall–Kier alpha value is -2.17. The maximum Gasteiger partial charge on any atom is 0.231 e. The molecule has 1 aliphatic carbocycles. The topological polar surface area (TPSA) is 62.3 Å². The lowest BCUT2D eigenvalue weighted by molar-refractivity contribution is -0.132. The summed E-state index contributed by atoms with van der Waals surface area (Å²) in [7, 11) is 0. The van der Waals surface area contributed by atoms with Gasteiger partial charge in [0, 0.05) is 16.3 Å². The number of thiazole rings is 1. The van der Waals surface area contributed by atoms with Crippen molar-refractivity contribution in [2.75, 3.05) is 11.9 Å². The molecule has 2 heterocycles. The number of anilines is 1. The molecule has 5 nitrogen and oxygen atoms in total. The van der Waals surface area contributed by atoms with Crippen LogP contribution in [0.3, 0.4) is 0 Å². The lowest BCUT2D eigenvalue weighted by Gasteiger charge is -2.33. The summed E-state index contributed by atoms with van der Waals surface area (Å²) in [5, 5.41) is 7.11. The zero-order valence-corrected chi connectivity index (χ0v) is 16.8. The molecule has 2 aromatic rings. The number of hydrogen-bond donors (Lipinski definition) is 1. The first-order valence-electron chi connectivity index (χ1n) is 9.15. The summed E-state index contributed by atoms with van der Waals surface area (Å²) in [6.45, 7) is 0.345. The van der Waals surface area contributed by atoms with Gasteiger partial charge in [0.15, 0.2) is 5.13 Å². The third kappa shape index (κ3) is 5.65. The highest BCUT2D eigenvalue weighted by Crippen LogP contribution is 2.24. The molecule has 0 spiro atoms. The average molecular weight is 402 g/mol. The summed E-state index contributed by atoms with van der Waals surface area (Å²) in [5.41, 5.74) is 0.675. The maximum absolute atomic E-state index is 12.8. The van der Waals surface area contributed by atoms with Crippen molar-refractivity contribution in [3.05, 3.63) is 33.5 Å². The molecular weight excluding hydrogens is 378 g/mol. The summed E-state index contributed by atoms with van der Waals surface area (Å²) in [6.07, 6.45) is 11.6. The summed E-state index contributed by atoms with van der Waals surface area (Å²) >= 11 is 2.89. The second kappa shape index (κ2) is 9.67. The predicted octanol–water partition coefficient (Wildman–Crippen LogP) is 3.72. The van der Waals surface area contributed by atoms with Gasteiger partial charge in [-0.15, -0.1) is 29.1 Å². The van der Waals surface area contributed by atoms with Crippen molar-refractivity contribution >= 4 is 39.6 Å². The predicted molar refractivity (Wildman–Crippen MR) is 110 cm³/mol. The molecule has 27 heavy (non-hydrogen) atoms. The van der Waals surface area contributed by atoms with Crippen LogP contribution in [0.15, 0.2) is 22.9 Å². The van der Waals surface area contributed by atoms with Gasteiger partial charge in [0.2, 0.25) is 11.8 Å². The fourth-order valence-electron chi connectivity index (χ4n) is 3.35. The second-order valence-corrected chi connectivity index (χ2v) is 8.53. The summed E-state index contributed by atoms with van der Waals surface area (Å²) in [4.78, 5) is 32.1. The van der Waals surface area contributed by atoms with E-state index in [1.54, 1.807) is 11.3 Å². The molecule has 0 unspecified atom stereocenters. The van der Waals surface area contributed by atoms with Gasteiger partial charge >= 0.3 is 0 Å². The van der Waals surface area contributed by atoms with Crippen LogP contribution in [0.25, 0.3) is 0 Å². The average Bonchev–Trinajstić information content (AvgIpc) is 3.32. The third-order valence-electron chi connectivity index (χ3n) is 4.64. The minimum Gasteiger partial charge on any atom is -0.328 e.